The summed E-state index contributed by atoms with van der Waals surface area (Å²) in [6.07, 6.45) is 0.858. The molecule has 3 rings (SSSR count). The largest absolute Gasteiger partial charge is 0.457 e. The highest BCUT2D eigenvalue weighted by Gasteiger charge is 2.56. The minimum atomic E-state index is -1.13. The SMILES string of the molecule is COCC1=C2C(=C3C(CCC3(C)O)C(C)(OC)CC2OC(=O)C(C)C)OC1=O. The van der Waals surface area contributed by atoms with Crippen LogP contribution in [-0.4, -0.2) is 55.2 Å². The van der Waals surface area contributed by atoms with Crippen LogP contribution in [0.2, 0.25) is 0 Å². The Morgan fingerprint density at radius 3 is 2.57 bits per heavy atom. The van der Waals surface area contributed by atoms with E-state index in [0.29, 0.717) is 41.7 Å². The van der Waals surface area contributed by atoms with Crippen molar-refractivity contribution in [3.8, 4) is 0 Å². The van der Waals surface area contributed by atoms with Crippen molar-refractivity contribution in [2.24, 2.45) is 11.8 Å². The molecule has 0 aromatic rings. The number of aliphatic hydroxyl groups is 1. The van der Waals surface area contributed by atoms with E-state index in [4.69, 9.17) is 18.9 Å². The first-order chi connectivity index (χ1) is 13.1. The molecule has 4 atom stereocenters. The number of fused-ring (bicyclic) bond motifs is 2. The summed E-state index contributed by atoms with van der Waals surface area (Å²) >= 11 is 0. The number of carbonyl (C=O) groups excluding carboxylic acids is 2. The van der Waals surface area contributed by atoms with E-state index in [1.807, 2.05) is 6.92 Å². The van der Waals surface area contributed by atoms with Gasteiger partial charge in [0.1, 0.15) is 11.9 Å². The van der Waals surface area contributed by atoms with Gasteiger partial charge in [-0.2, -0.15) is 0 Å². The second-order valence-corrected chi connectivity index (χ2v) is 8.62. The zero-order valence-electron chi connectivity index (χ0n) is 17.5. The van der Waals surface area contributed by atoms with Crippen molar-refractivity contribution in [3.05, 3.63) is 22.5 Å². The summed E-state index contributed by atoms with van der Waals surface area (Å²) in [6.45, 7) is 7.24. The van der Waals surface area contributed by atoms with E-state index in [0.717, 1.165) is 0 Å². The molecular weight excluding hydrogens is 364 g/mol. The summed E-state index contributed by atoms with van der Waals surface area (Å²) in [7, 11) is 3.11. The van der Waals surface area contributed by atoms with Crippen LogP contribution in [0.15, 0.2) is 22.5 Å². The molecule has 1 aliphatic heterocycles. The molecule has 0 aromatic heterocycles. The average molecular weight is 394 g/mol. The summed E-state index contributed by atoms with van der Waals surface area (Å²) in [5.41, 5.74) is -0.344. The second-order valence-electron chi connectivity index (χ2n) is 8.62. The fourth-order valence-electron chi connectivity index (χ4n) is 4.59. The summed E-state index contributed by atoms with van der Waals surface area (Å²) in [5, 5.41) is 11.1. The minimum absolute atomic E-state index is 0.0389. The highest BCUT2D eigenvalue weighted by molar-refractivity contribution is 5.95. The fraction of sp³-hybridized carbons (Fsp3) is 0.714. The normalized spacial score (nSPS) is 35.1. The van der Waals surface area contributed by atoms with Gasteiger partial charge in [0.25, 0.3) is 0 Å². The maximum Gasteiger partial charge on any atom is 0.342 e. The number of ether oxygens (including phenoxy) is 4. The fourth-order valence-corrected chi connectivity index (χ4v) is 4.59. The van der Waals surface area contributed by atoms with Crippen molar-refractivity contribution >= 4 is 11.9 Å². The van der Waals surface area contributed by atoms with Crippen LogP contribution >= 0.6 is 0 Å². The number of hydrogen-bond acceptors (Lipinski definition) is 7. The van der Waals surface area contributed by atoms with E-state index in [1.165, 1.54) is 7.11 Å². The third-order valence-electron chi connectivity index (χ3n) is 6.24. The van der Waals surface area contributed by atoms with Crippen molar-refractivity contribution in [2.45, 2.75) is 64.3 Å². The van der Waals surface area contributed by atoms with Crippen LogP contribution in [0.4, 0.5) is 0 Å². The molecule has 0 saturated heterocycles. The minimum Gasteiger partial charge on any atom is -0.457 e. The first-order valence-corrected chi connectivity index (χ1v) is 9.73. The van der Waals surface area contributed by atoms with E-state index >= 15 is 0 Å². The third kappa shape index (κ3) is 3.29. The molecule has 0 bridgehead atoms. The molecule has 0 amide bonds. The first-order valence-electron chi connectivity index (χ1n) is 9.73. The summed E-state index contributed by atoms with van der Waals surface area (Å²) < 4.78 is 22.6. The molecule has 28 heavy (non-hydrogen) atoms. The molecule has 1 heterocycles. The summed E-state index contributed by atoms with van der Waals surface area (Å²) in [4.78, 5) is 25.0. The lowest BCUT2D eigenvalue weighted by Crippen LogP contribution is -2.41. The first kappa shape index (κ1) is 21.0. The second kappa shape index (κ2) is 7.28. The van der Waals surface area contributed by atoms with Gasteiger partial charge in [0.15, 0.2) is 0 Å². The van der Waals surface area contributed by atoms with Gasteiger partial charge < -0.3 is 24.1 Å². The Hall–Kier alpha value is -1.70. The van der Waals surface area contributed by atoms with E-state index in [9.17, 15) is 14.7 Å². The molecule has 1 N–H and O–H groups in total. The predicted molar refractivity (Wildman–Crippen MR) is 100 cm³/mol. The number of hydrogen-bond donors (Lipinski definition) is 1. The highest BCUT2D eigenvalue weighted by Crippen LogP contribution is 2.54. The Morgan fingerprint density at radius 1 is 1.32 bits per heavy atom. The maximum absolute atomic E-state index is 12.6. The van der Waals surface area contributed by atoms with Crippen LogP contribution in [-0.2, 0) is 28.5 Å². The Labute approximate surface area is 165 Å². The predicted octanol–water partition coefficient (Wildman–Crippen LogP) is 2.28. The van der Waals surface area contributed by atoms with E-state index in [1.54, 1.807) is 27.9 Å². The van der Waals surface area contributed by atoms with Crippen LogP contribution in [0.25, 0.3) is 0 Å². The van der Waals surface area contributed by atoms with E-state index < -0.39 is 23.3 Å². The van der Waals surface area contributed by atoms with E-state index in [-0.39, 0.29) is 24.4 Å². The van der Waals surface area contributed by atoms with Gasteiger partial charge in [-0.25, -0.2) is 4.79 Å². The lowest BCUT2D eigenvalue weighted by atomic mass is 9.80. The zero-order chi connectivity index (χ0) is 20.9. The maximum atomic E-state index is 12.6. The molecule has 1 fully saturated rings. The van der Waals surface area contributed by atoms with Crippen molar-refractivity contribution in [3.63, 3.8) is 0 Å². The van der Waals surface area contributed by atoms with E-state index in [2.05, 4.69) is 0 Å². The number of rotatable bonds is 5. The molecule has 0 radical (unpaired) electrons. The highest BCUT2D eigenvalue weighted by atomic mass is 16.6. The van der Waals surface area contributed by atoms with Gasteiger partial charge in [0, 0.05) is 37.7 Å². The van der Waals surface area contributed by atoms with Gasteiger partial charge in [0.2, 0.25) is 0 Å². The van der Waals surface area contributed by atoms with Gasteiger partial charge in [-0.1, -0.05) is 13.8 Å². The molecule has 1 saturated carbocycles. The Bertz CT molecular complexity index is 746. The molecule has 4 unspecified atom stereocenters. The van der Waals surface area contributed by atoms with Crippen molar-refractivity contribution in [1.29, 1.82) is 0 Å². The molecule has 156 valence electrons. The van der Waals surface area contributed by atoms with Gasteiger partial charge in [0.05, 0.1) is 29.3 Å². The average Bonchev–Trinajstić information content (AvgIpc) is 3.07. The molecule has 2 aliphatic carbocycles. The van der Waals surface area contributed by atoms with Crippen molar-refractivity contribution in [2.75, 3.05) is 20.8 Å². The van der Waals surface area contributed by atoms with Crippen LogP contribution in [0.3, 0.4) is 0 Å². The molecule has 7 heteroatoms. The zero-order valence-corrected chi connectivity index (χ0v) is 17.5. The van der Waals surface area contributed by atoms with Crippen LogP contribution in [0.5, 0.6) is 0 Å². The quantitative estimate of drug-likeness (QED) is 0.715. The lowest BCUT2D eigenvalue weighted by molar-refractivity contribution is -0.154. The Kier molecular flexibility index (Phi) is 5.47. The van der Waals surface area contributed by atoms with Crippen LogP contribution < -0.4 is 0 Å². The summed E-state index contributed by atoms with van der Waals surface area (Å²) in [5.74, 6) is -1.04. The molecule has 7 nitrogen and oxygen atoms in total. The summed E-state index contributed by atoms with van der Waals surface area (Å²) in [6, 6.07) is 0. The number of esters is 2. The Balaban J connectivity index is 2.23. The van der Waals surface area contributed by atoms with Crippen molar-refractivity contribution < 1.29 is 33.6 Å². The molecule has 3 aliphatic rings. The smallest absolute Gasteiger partial charge is 0.342 e. The topological polar surface area (TPSA) is 91.3 Å². The van der Waals surface area contributed by atoms with Crippen molar-refractivity contribution in [1.82, 2.24) is 0 Å². The van der Waals surface area contributed by atoms with Gasteiger partial charge in [-0.15, -0.1) is 0 Å². The van der Waals surface area contributed by atoms with Crippen LogP contribution in [0.1, 0.15) is 47.0 Å². The lowest BCUT2D eigenvalue weighted by Gasteiger charge is -2.36. The standard InChI is InChI=1S/C21H30O7/c1-11(2)18(22)27-14-9-21(4,26-6)13-7-8-20(3,24)16(13)17-15(14)12(10-25-5)19(23)28-17/h11,13-14,24H,7-10H2,1-6H3. The third-order valence-corrected chi connectivity index (χ3v) is 6.24. The molecule has 0 aromatic carbocycles. The number of methoxy groups -OCH3 is 2. The Morgan fingerprint density at radius 2 is 2.00 bits per heavy atom. The monoisotopic (exact) mass is 394 g/mol. The van der Waals surface area contributed by atoms with Gasteiger partial charge in [-0.3, -0.25) is 4.79 Å². The molecular formula is C21H30O7. The van der Waals surface area contributed by atoms with Crippen LogP contribution in [0, 0.1) is 11.8 Å². The van der Waals surface area contributed by atoms with Gasteiger partial charge >= 0.3 is 11.9 Å². The molecule has 0 spiro atoms. The number of carbonyl (C=O) groups is 2. The van der Waals surface area contributed by atoms with Gasteiger partial charge in [-0.05, 0) is 26.7 Å².